The fraction of sp³-hybridized carbons (Fsp3) is 0.278. The molecular weight excluding hydrogens is 298 g/mol. The fourth-order valence-electron chi connectivity index (χ4n) is 2.86. The molecular formula is C18H18F2N2O. The van der Waals surface area contributed by atoms with Crippen molar-refractivity contribution in [3.8, 4) is 0 Å². The number of hydrogen-bond acceptors (Lipinski definition) is 2. The molecule has 23 heavy (non-hydrogen) atoms. The predicted octanol–water partition coefficient (Wildman–Crippen LogP) is 2.53. The highest BCUT2D eigenvalue weighted by Crippen LogP contribution is 2.27. The van der Waals surface area contributed by atoms with E-state index < -0.39 is 5.92 Å². The summed E-state index contributed by atoms with van der Waals surface area (Å²) in [5, 5.41) is 3.21. The van der Waals surface area contributed by atoms with Crippen LogP contribution in [0, 0.1) is 11.6 Å². The van der Waals surface area contributed by atoms with E-state index in [4.69, 9.17) is 0 Å². The van der Waals surface area contributed by atoms with Gasteiger partial charge in [0.05, 0.1) is 5.92 Å². The lowest BCUT2D eigenvalue weighted by Crippen LogP contribution is -2.48. The van der Waals surface area contributed by atoms with E-state index in [1.807, 2.05) is 0 Å². The first-order valence-corrected chi connectivity index (χ1v) is 7.65. The molecule has 1 fully saturated rings. The second-order valence-corrected chi connectivity index (χ2v) is 5.61. The van der Waals surface area contributed by atoms with Gasteiger partial charge in [0.25, 0.3) is 0 Å². The van der Waals surface area contributed by atoms with Crippen LogP contribution in [0.4, 0.5) is 8.78 Å². The lowest BCUT2D eigenvalue weighted by molar-refractivity contribution is -0.132. The average molecular weight is 316 g/mol. The molecule has 2 aromatic rings. The normalized spacial score (nSPS) is 15.0. The SMILES string of the molecule is O=C(C(c1ccc(F)cc1)c1ccc(F)cc1)N1CCNCC1. The summed E-state index contributed by atoms with van der Waals surface area (Å²) in [5.74, 6) is -1.28. The van der Waals surface area contributed by atoms with Gasteiger partial charge in [0.1, 0.15) is 11.6 Å². The van der Waals surface area contributed by atoms with E-state index >= 15 is 0 Å². The molecule has 120 valence electrons. The van der Waals surface area contributed by atoms with Crippen molar-refractivity contribution >= 4 is 5.91 Å². The van der Waals surface area contributed by atoms with Crippen molar-refractivity contribution in [1.29, 1.82) is 0 Å². The molecule has 0 spiro atoms. The van der Waals surface area contributed by atoms with Gasteiger partial charge in [-0.25, -0.2) is 8.78 Å². The summed E-state index contributed by atoms with van der Waals surface area (Å²) in [6.45, 7) is 2.78. The first kappa shape index (κ1) is 15.6. The van der Waals surface area contributed by atoms with Crippen molar-refractivity contribution in [1.82, 2.24) is 10.2 Å². The number of hydrogen-bond donors (Lipinski definition) is 1. The van der Waals surface area contributed by atoms with Gasteiger partial charge in [0.15, 0.2) is 0 Å². The molecule has 5 heteroatoms. The second-order valence-electron chi connectivity index (χ2n) is 5.61. The maximum atomic E-state index is 13.2. The Morgan fingerprint density at radius 3 is 1.74 bits per heavy atom. The van der Waals surface area contributed by atoms with Crippen LogP contribution in [0.2, 0.25) is 0 Å². The predicted molar refractivity (Wildman–Crippen MR) is 84.1 cm³/mol. The number of carbonyl (C=O) groups excluding carboxylic acids is 1. The molecule has 0 radical (unpaired) electrons. The molecule has 1 aliphatic rings. The van der Waals surface area contributed by atoms with Crippen LogP contribution >= 0.6 is 0 Å². The summed E-state index contributed by atoms with van der Waals surface area (Å²) in [7, 11) is 0. The molecule has 1 heterocycles. The number of halogens is 2. The van der Waals surface area contributed by atoms with Gasteiger partial charge in [-0.15, -0.1) is 0 Å². The number of benzene rings is 2. The van der Waals surface area contributed by atoms with Crippen LogP contribution in [0.1, 0.15) is 17.0 Å². The summed E-state index contributed by atoms with van der Waals surface area (Å²) >= 11 is 0. The number of rotatable bonds is 3. The molecule has 3 rings (SSSR count). The second kappa shape index (κ2) is 6.87. The van der Waals surface area contributed by atoms with Gasteiger partial charge in [-0.3, -0.25) is 4.79 Å². The third-order valence-corrected chi connectivity index (χ3v) is 4.08. The molecule has 0 saturated carbocycles. The molecule has 0 unspecified atom stereocenters. The maximum Gasteiger partial charge on any atom is 0.234 e. The smallest absolute Gasteiger partial charge is 0.234 e. The number of nitrogens with zero attached hydrogens (tertiary/aromatic N) is 1. The van der Waals surface area contributed by atoms with Crippen molar-refractivity contribution < 1.29 is 13.6 Å². The minimum absolute atomic E-state index is 0.0373. The zero-order valence-corrected chi connectivity index (χ0v) is 12.6. The Labute approximate surface area is 133 Å². The zero-order valence-electron chi connectivity index (χ0n) is 12.6. The lowest BCUT2D eigenvalue weighted by atomic mass is 9.89. The molecule has 2 aromatic carbocycles. The molecule has 1 amide bonds. The summed E-state index contributed by atoms with van der Waals surface area (Å²) in [5.41, 5.74) is 1.42. The summed E-state index contributed by atoms with van der Waals surface area (Å²) in [4.78, 5) is 14.8. The van der Waals surface area contributed by atoms with E-state index in [2.05, 4.69) is 5.32 Å². The van der Waals surface area contributed by atoms with Crippen molar-refractivity contribution in [2.75, 3.05) is 26.2 Å². The molecule has 1 saturated heterocycles. The molecule has 1 aliphatic heterocycles. The van der Waals surface area contributed by atoms with Crippen LogP contribution in [0.15, 0.2) is 48.5 Å². The van der Waals surface area contributed by atoms with Crippen LogP contribution < -0.4 is 5.32 Å². The van der Waals surface area contributed by atoms with E-state index in [0.29, 0.717) is 24.2 Å². The summed E-state index contributed by atoms with van der Waals surface area (Å²) in [6.07, 6.45) is 0. The van der Waals surface area contributed by atoms with Gasteiger partial charge in [0, 0.05) is 26.2 Å². The summed E-state index contributed by atoms with van der Waals surface area (Å²) < 4.78 is 26.4. The number of piperazine rings is 1. The van der Waals surface area contributed by atoms with E-state index in [1.54, 1.807) is 29.2 Å². The van der Waals surface area contributed by atoms with Crippen molar-refractivity contribution in [3.63, 3.8) is 0 Å². The lowest BCUT2D eigenvalue weighted by Gasteiger charge is -2.31. The van der Waals surface area contributed by atoms with Gasteiger partial charge in [-0.05, 0) is 35.4 Å². The van der Waals surface area contributed by atoms with E-state index in [9.17, 15) is 13.6 Å². The molecule has 0 atom stereocenters. The van der Waals surface area contributed by atoms with E-state index in [-0.39, 0.29) is 17.5 Å². The van der Waals surface area contributed by atoms with Gasteiger partial charge < -0.3 is 10.2 Å². The Hall–Kier alpha value is -2.27. The molecule has 3 nitrogen and oxygen atoms in total. The molecule has 1 N–H and O–H groups in total. The third-order valence-electron chi connectivity index (χ3n) is 4.08. The van der Waals surface area contributed by atoms with Gasteiger partial charge in [-0.2, -0.15) is 0 Å². The standard InChI is InChI=1S/C18H18F2N2O/c19-15-5-1-13(2-6-15)17(14-3-7-16(20)8-4-14)18(23)22-11-9-21-10-12-22/h1-8,17,21H,9-12H2. The minimum atomic E-state index is -0.547. The van der Waals surface area contributed by atoms with E-state index in [1.165, 1.54) is 24.3 Å². The Morgan fingerprint density at radius 1 is 0.870 bits per heavy atom. The van der Waals surface area contributed by atoms with Gasteiger partial charge in [-0.1, -0.05) is 24.3 Å². The quantitative estimate of drug-likeness (QED) is 0.944. The molecule has 0 aliphatic carbocycles. The van der Waals surface area contributed by atoms with E-state index in [0.717, 1.165) is 13.1 Å². The monoisotopic (exact) mass is 316 g/mol. The van der Waals surface area contributed by atoms with Crippen LogP contribution in [0.25, 0.3) is 0 Å². The first-order valence-electron chi connectivity index (χ1n) is 7.65. The van der Waals surface area contributed by atoms with Crippen LogP contribution in [0.3, 0.4) is 0 Å². The number of amides is 1. The Balaban J connectivity index is 1.96. The topological polar surface area (TPSA) is 32.3 Å². The number of carbonyl (C=O) groups is 1. The molecule has 0 bridgehead atoms. The Bertz CT molecular complexity index is 619. The molecule has 0 aromatic heterocycles. The largest absolute Gasteiger partial charge is 0.339 e. The van der Waals surface area contributed by atoms with Crippen LogP contribution in [-0.2, 0) is 4.79 Å². The van der Waals surface area contributed by atoms with Gasteiger partial charge in [0.2, 0.25) is 5.91 Å². The van der Waals surface area contributed by atoms with Crippen molar-refractivity contribution in [2.24, 2.45) is 0 Å². The summed E-state index contributed by atoms with van der Waals surface area (Å²) in [6, 6.07) is 11.8. The van der Waals surface area contributed by atoms with Crippen LogP contribution in [0.5, 0.6) is 0 Å². The third kappa shape index (κ3) is 3.56. The highest BCUT2D eigenvalue weighted by Gasteiger charge is 2.28. The van der Waals surface area contributed by atoms with Gasteiger partial charge >= 0.3 is 0 Å². The van der Waals surface area contributed by atoms with Crippen molar-refractivity contribution in [3.05, 3.63) is 71.3 Å². The highest BCUT2D eigenvalue weighted by atomic mass is 19.1. The van der Waals surface area contributed by atoms with Crippen molar-refractivity contribution in [2.45, 2.75) is 5.92 Å². The fourth-order valence-corrected chi connectivity index (χ4v) is 2.86. The first-order chi connectivity index (χ1) is 11.1. The average Bonchev–Trinajstić information content (AvgIpc) is 2.59. The zero-order chi connectivity index (χ0) is 16.2. The highest BCUT2D eigenvalue weighted by molar-refractivity contribution is 5.87. The van der Waals surface area contributed by atoms with Crippen LogP contribution in [-0.4, -0.2) is 37.0 Å². The maximum absolute atomic E-state index is 13.2. The Morgan fingerprint density at radius 2 is 1.30 bits per heavy atom. The Kier molecular flexibility index (Phi) is 4.67. The minimum Gasteiger partial charge on any atom is -0.339 e. The number of nitrogens with one attached hydrogen (secondary N) is 1.